The molecule has 0 aromatic carbocycles. The number of amides is 2. The highest BCUT2D eigenvalue weighted by atomic mass is 16.2. The van der Waals surface area contributed by atoms with E-state index in [-0.39, 0.29) is 17.7 Å². The summed E-state index contributed by atoms with van der Waals surface area (Å²) in [6, 6.07) is 1.73. The van der Waals surface area contributed by atoms with Gasteiger partial charge in [-0.1, -0.05) is 0 Å². The number of hydrogen-bond donors (Lipinski definition) is 0. The van der Waals surface area contributed by atoms with Crippen LogP contribution in [-0.2, 0) is 11.3 Å². The summed E-state index contributed by atoms with van der Waals surface area (Å²) in [5.74, 6) is -0.0668. The molecule has 0 saturated carbocycles. The van der Waals surface area contributed by atoms with Gasteiger partial charge in [0.25, 0.3) is 5.91 Å². The molecule has 0 radical (unpaired) electrons. The van der Waals surface area contributed by atoms with Crippen LogP contribution in [0, 0.1) is 5.92 Å². The molecule has 1 fully saturated rings. The average molecular weight is 264 g/mol. The van der Waals surface area contributed by atoms with E-state index in [2.05, 4.69) is 5.10 Å². The quantitative estimate of drug-likeness (QED) is 0.796. The summed E-state index contributed by atoms with van der Waals surface area (Å²) in [6.07, 6.45) is 2.53. The highest BCUT2D eigenvalue weighted by Crippen LogP contribution is 2.19. The standard InChI is InChI=1S/C13H20N4O2/c1-4-17-8-6-11(14-17)13(19)16-7-5-10(9-16)12(18)15(2)3/h6,8,10H,4-5,7,9H2,1-3H3. The van der Waals surface area contributed by atoms with Crippen LogP contribution >= 0.6 is 0 Å². The van der Waals surface area contributed by atoms with Crippen LogP contribution in [0.25, 0.3) is 0 Å². The van der Waals surface area contributed by atoms with Gasteiger partial charge in [-0.15, -0.1) is 0 Å². The van der Waals surface area contributed by atoms with Crippen molar-refractivity contribution >= 4 is 11.8 Å². The lowest BCUT2D eigenvalue weighted by atomic mass is 10.1. The number of rotatable bonds is 3. The topological polar surface area (TPSA) is 58.4 Å². The second kappa shape index (κ2) is 5.42. The van der Waals surface area contributed by atoms with E-state index in [1.54, 1.807) is 40.8 Å². The van der Waals surface area contributed by atoms with Crippen molar-refractivity contribution in [3.8, 4) is 0 Å². The Morgan fingerprint density at radius 1 is 1.47 bits per heavy atom. The van der Waals surface area contributed by atoms with E-state index in [9.17, 15) is 9.59 Å². The molecule has 0 spiro atoms. The molecular weight excluding hydrogens is 244 g/mol. The van der Waals surface area contributed by atoms with E-state index < -0.39 is 0 Å². The number of aromatic nitrogens is 2. The summed E-state index contributed by atoms with van der Waals surface area (Å²) in [5, 5.41) is 4.21. The fourth-order valence-electron chi connectivity index (χ4n) is 2.33. The predicted molar refractivity (Wildman–Crippen MR) is 70.6 cm³/mol. The summed E-state index contributed by atoms with van der Waals surface area (Å²) in [4.78, 5) is 27.4. The Morgan fingerprint density at radius 2 is 2.21 bits per heavy atom. The van der Waals surface area contributed by atoms with Crippen molar-refractivity contribution in [3.05, 3.63) is 18.0 Å². The third-order valence-electron chi connectivity index (χ3n) is 3.45. The third-order valence-corrected chi connectivity index (χ3v) is 3.45. The molecule has 0 bridgehead atoms. The Kier molecular flexibility index (Phi) is 3.87. The predicted octanol–water partition coefficient (Wildman–Crippen LogP) is 0.453. The summed E-state index contributed by atoms with van der Waals surface area (Å²) in [7, 11) is 3.49. The normalized spacial score (nSPS) is 18.7. The Balaban J connectivity index is 2.00. The number of hydrogen-bond acceptors (Lipinski definition) is 3. The molecule has 1 aromatic rings. The summed E-state index contributed by atoms with van der Waals surface area (Å²) in [5.41, 5.74) is 0.458. The molecule has 1 aliphatic rings. The molecule has 6 nitrogen and oxygen atoms in total. The second-order valence-corrected chi connectivity index (χ2v) is 5.03. The molecule has 1 saturated heterocycles. The van der Waals surface area contributed by atoms with E-state index in [0.29, 0.717) is 18.8 Å². The van der Waals surface area contributed by atoms with Crippen LogP contribution in [0.15, 0.2) is 12.3 Å². The number of carbonyl (C=O) groups is 2. The first-order chi connectivity index (χ1) is 9.02. The van der Waals surface area contributed by atoms with Gasteiger partial charge in [-0.2, -0.15) is 5.10 Å². The fraction of sp³-hybridized carbons (Fsp3) is 0.615. The molecule has 1 unspecified atom stereocenters. The Labute approximate surface area is 113 Å². The lowest BCUT2D eigenvalue weighted by molar-refractivity contribution is -0.132. The van der Waals surface area contributed by atoms with E-state index in [1.165, 1.54) is 0 Å². The molecule has 2 heterocycles. The molecule has 1 atom stereocenters. The number of aryl methyl sites for hydroxylation is 1. The maximum absolute atomic E-state index is 12.2. The van der Waals surface area contributed by atoms with Crippen molar-refractivity contribution in [1.82, 2.24) is 19.6 Å². The van der Waals surface area contributed by atoms with Crippen LogP contribution in [0.1, 0.15) is 23.8 Å². The van der Waals surface area contributed by atoms with Crippen LogP contribution < -0.4 is 0 Å². The van der Waals surface area contributed by atoms with E-state index >= 15 is 0 Å². The van der Waals surface area contributed by atoms with Gasteiger partial charge in [0.1, 0.15) is 5.69 Å². The van der Waals surface area contributed by atoms with Crippen LogP contribution in [0.3, 0.4) is 0 Å². The molecule has 0 N–H and O–H groups in total. The van der Waals surface area contributed by atoms with Crippen molar-refractivity contribution in [2.45, 2.75) is 19.9 Å². The van der Waals surface area contributed by atoms with Crippen LogP contribution in [0.5, 0.6) is 0 Å². The lowest BCUT2D eigenvalue weighted by Gasteiger charge is -2.17. The van der Waals surface area contributed by atoms with Gasteiger partial charge in [-0.25, -0.2) is 0 Å². The number of carbonyl (C=O) groups excluding carboxylic acids is 2. The van der Waals surface area contributed by atoms with Gasteiger partial charge < -0.3 is 9.80 Å². The van der Waals surface area contributed by atoms with Crippen molar-refractivity contribution in [2.24, 2.45) is 5.92 Å². The molecule has 0 aliphatic carbocycles. The van der Waals surface area contributed by atoms with Gasteiger partial charge >= 0.3 is 0 Å². The number of likely N-dealkylation sites (tertiary alicyclic amines) is 1. The highest BCUT2D eigenvalue weighted by molar-refractivity contribution is 5.93. The van der Waals surface area contributed by atoms with Gasteiger partial charge in [0.2, 0.25) is 5.91 Å². The molecular formula is C13H20N4O2. The smallest absolute Gasteiger partial charge is 0.274 e. The fourth-order valence-corrected chi connectivity index (χ4v) is 2.33. The minimum Gasteiger partial charge on any atom is -0.349 e. The van der Waals surface area contributed by atoms with E-state index in [0.717, 1.165) is 13.0 Å². The Bertz CT molecular complexity index is 481. The average Bonchev–Trinajstić information content (AvgIpc) is 3.05. The van der Waals surface area contributed by atoms with Gasteiger partial charge in [0.05, 0.1) is 5.92 Å². The van der Waals surface area contributed by atoms with Gasteiger partial charge in [0.15, 0.2) is 0 Å². The third kappa shape index (κ3) is 2.77. The molecule has 1 aromatic heterocycles. The Hall–Kier alpha value is -1.85. The molecule has 6 heteroatoms. The largest absolute Gasteiger partial charge is 0.349 e. The van der Waals surface area contributed by atoms with Crippen molar-refractivity contribution in [1.29, 1.82) is 0 Å². The minimum atomic E-state index is -0.0822. The summed E-state index contributed by atoms with van der Waals surface area (Å²) >= 11 is 0. The first-order valence-corrected chi connectivity index (χ1v) is 6.56. The maximum atomic E-state index is 12.2. The molecule has 104 valence electrons. The zero-order valence-electron chi connectivity index (χ0n) is 11.7. The highest BCUT2D eigenvalue weighted by Gasteiger charge is 2.32. The first-order valence-electron chi connectivity index (χ1n) is 6.56. The van der Waals surface area contributed by atoms with Crippen molar-refractivity contribution < 1.29 is 9.59 Å². The Morgan fingerprint density at radius 3 is 2.79 bits per heavy atom. The van der Waals surface area contributed by atoms with Gasteiger partial charge in [-0.05, 0) is 19.4 Å². The zero-order valence-corrected chi connectivity index (χ0v) is 11.7. The molecule has 2 amide bonds. The van der Waals surface area contributed by atoms with E-state index in [1.807, 2.05) is 6.92 Å². The van der Waals surface area contributed by atoms with Crippen molar-refractivity contribution in [3.63, 3.8) is 0 Å². The van der Waals surface area contributed by atoms with Crippen LogP contribution in [-0.4, -0.2) is 58.6 Å². The molecule has 19 heavy (non-hydrogen) atoms. The SMILES string of the molecule is CCn1ccc(C(=O)N2CCC(C(=O)N(C)C)C2)n1. The zero-order chi connectivity index (χ0) is 14.0. The van der Waals surface area contributed by atoms with Gasteiger partial charge in [-0.3, -0.25) is 14.3 Å². The summed E-state index contributed by atoms with van der Waals surface area (Å²) in [6.45, 7) is 3.84. The molecule has 1 aliphatic heterocycles. The molecule has 2 rings (SSSR count). The maximum Gasteiger partial charge on any atom is 0.274 e. The lowest BCUT2D eigenvalue weighted by Crippen LogP contribution is -2.34. The minimum absolute atomic E-state index is 0.0767. The van der Waals surface area contributed by atoms with Gasteiger partial charge in [0, 0.05) is 39.9 Å². The second-order valence-electron chi connectivity index (χ2n) is 5.03. The first kappa shape index (κ1) is 13.6. The van der Waals surface area contributed by atoms with E-state index in [4.69, 9.17) is 0 Å². The number of nitrogens with zero attached hydrogens (tertiary/aromatic N) is 4. The van der Waals surface area contributed by atoms with Crippen molar-refractivity contribution in [2.75, 3.05) is 27.2 Å². The summed E-state index contributed by atoms with van der Waals surface area (Å²) < 4.78 is 1.73. The monoisotopic (exact) mass is 264 g/mol. The van der Waals surface area contributed by atoms with Crippen LogP contribution in [0.4, 0.5) is 0 Å². The van der Waals surface area contributed by atoms with Crippen LogP contribution in [0.2, 0.25) is 0 Å².